The number of aryl methyl sites for hydroxylation is 1. The normalized spacial score (nSPS) is 19.0. The standard InChI is InChI=1S/C20H23F2N/c21-19-11-10-17(14-20(19)22)18-9-5-13-23(15-18)12-4-8-16-6-2-1-3-7-16/h1-3,6-7,10-11,14,18H,4-5,8-9,12-13,15H2. The Hall–Kier alpha value is -1.74. The highest BCUT2D eigenvalue weighted by atomic mass is 19.2. The Morgan fingerprint density at radius 1 is 1.00 bits per heavy atom. The molecular weight excluding hydrogens is 292 g/mol. The first-order chi connectivity index (χ1) is 11.2. The van der Waals surface area contributed by atoms with Crippen molar-refractivity contribution in [2.24, 2.45) is 0 Å². The highest BCUT2D eigenvalue weighted by Gasteiger charge is 2.21. The summed E-state index contributed by atoms with van der Waals surface area (Å²) in [4.78, 5) is 2.46. The first kappa shape index (κ1) is 16.1. The van der Waals surface area contributed by atoms with E-state index < -0.39 is 11.6 Å². The summed E-state index contributed by atoms with van der Waals surface area (Å²) in [5, 5.41) is 0. The number of halogens is 2. The average molecular weight is 315 g/mol. The number of benzene rings is 2. The number of hydrogen-bond acceptors (Lipinski definition) is 1. The Kier molecular flexibility index (Phi) is 5.39. The van der Waals surface area contributed by atoms with Crippen LogP contribution in [-0.2, 0) is 6.42 Å². The molecule has 0 aromatic heterocycles. The van der Waals surface area contributed by atoms with Crippen LogP contribution in [0.1, 0.15) is 36.3 Å². The zero-order chi connectivity index (χ0) is 16.1. The van der Waals surface area contributed by atoms with Gasteiger partial charge in [-0.3, -0.25) is 0 Å². The molecule has 3 rings (SSSR count). The van der Waals surface area contributed by atoms with Gasteiger partial charge in [0.2, 0.25) is 0 Å². The SMILES string of the molecule is Fc1ccc(C2CCCN(CCCc3ccccc3)C2)cc1F. The number of rotatable bonds is 5. The van der Waals surface area contributed by atoms with Gasteiger partial charge in [0, 0.05) is 6.54 Å². The zero-order valence-corrected chi connectivity index (χ0v) is 13.3. The summed E-state index contributed by atoms with van der Waals surface area (Å²) < 4.78 is 26.5. The van der Waals surface area contributed by atoms with Gasteiger partial charge in [-0.1, -0.05) is 36.4 Å². The summed E-state index contributed by atoms with van der Waals surface area (Å²) in [5.74, 6) is -1.18. The molecule has 3 heteroatoms. The minimum atomic E-state index is -0.760. The maximum Gasteiger partial charge on any atom is 0.159 e. The second-order valence-corrected chi connectivity index (χ2v) is 6.40. The summed E-state index contributed by atoms with van der Waals surface area (Å²) in [6.45, 7) is 3.11. The summed E-state index contributed by atoms with van der Waals surface area (Å²) in [6.07, 6.45) is 4.40. The molecule has 1 aliphatic heterocycles. The van der Waals surface area contributed by atoms with Crippen molar-refractivity contribution in [3.8, 4) is 0 Å². The van der Waals surface area contributed by atoms with Gasteiger partial charge >= 0.3 is 0 Å². The lowest BCUT2D eigenvalue weighted by Crippen LogP contribution is -2.35. The molecule has 2 aromatic rings. The molecule has 23 heavy (non-hydrogen) atoms. The van der Waals surface area contributed by atoms with Crippen LogP contribution in [0, 0.1) is 11.6 Å². The minimum Gasteiger partial charge on any atom is -0.303 e. The Balaban J connectivity index is 1.52. The predicted octanol–water partition coefficient (Wildman–Crippen LogP) is 4.78. The fourth-order valence-electron chi connectivity index (χ4n) is 3.45. The van der Waals surface area contributed by atoms with E-state index in [0.29, 0.717) is 5.92 Å². The van der Waals surface area contributed by atoms with E-state index in [2.05, 4.69) is 29.2 Å². The zero-order valence-electron chi connectivity index (χ0n) is 13.3. The first-order valence-corrected chi connectivity index (χ1v) is 8.43. The van der Waals surface area contributed by atoms with Crippen molar-refractivity contribution in [2.45, 2.75) is 31.6 Å². The van der Waals surface area contributed by atoms with E-state index in [1.54, 1.807) is 6.07 Å². The van der Waals surface area contributed by atoms with Crippen molar-refractivity contribution in [3.05, 3.63) is 71.3 Å². The lowest BCUT2D eigenvalue weighted by atomic mass is 9.90. The van der Waals surface area contributed by atoms with E-state index >= 15 is 0 Å². The molecule has 0 bridgehead atoms. The van der Waals surface area contributed by atoms with Crippen LogP contribution in [-0.4, -0.2) is 24.5 Å². The van der Waals surface area contributed by atoms with E-state index in [1.165, 1.54) is 17.7 Å². The van der Waals surface area contributed by atoms with Crippen molar-refractivity contribution in [1.82, 2.24) is 4.90 Å². The van der Waals surface area contributed by atoms with E-state index in [0.717, 1.165) is 50.9 Å². The van der Waals surface area contributed by atoms with E-state index in [9.17, 15) is 8.78 Å². The molecule has 0 spiro atoms. The van der Waals surface area contributed by atoms with E-state index in [1.807, 2.05) is 6.07 Å². The van der Waals surface area contributed by atoms with Crippen molar-refractivity contribution in [2.75, 3.05) is 19.6 Å². The fraction of sp³-hybridized carbons (Fsp3) is 0.400. The second-order valence-electron chi connectivity index (χ2n) is 6.40. The molecule has 0 saturated carbocycles. The van der Waals surface area contributed by atoms with Crippen LogP contribution in [0.4, 0.5) is 8.78 Å². The third-order valence-corrected chi connectivity index (χ3v) is 4.70. The summed E-state index contributed by atoms with van der Waals surface area (Å²) in [5.41, 5.74) is 2.30. The first-order valence-electron chi connectivity index (χ1n) is 8.43. The summed E-state index contributed by atoms with van der Waals surface area (Å²) in [6, 6.07) is 14.9. The number of likely N-dealkylation sites (tertiary alicyclic amines) is 1. The van der Waals surface area contributed by atoms with Crippen LogP contribution in [0.5, 0.6) is 0 Å². The lowest BCUT2D eigenvalue weighted by Gasteiger charge is -2.33. The summed E-state index contributed by atoms with van der Waals surface area (Å²) in [7, 11) is 0. The van der Waals surface area contributed by atoms with Crippen LogP contribution >= 0.6 is 0 Å². The number of hydrogen-bond donors (Lipinski definition) is 0. The van der Waals surface area contributed by atoms with Gasteiger partial charge in [0.15, 0.2) is 11.6 Å². The topological polar surface area (TPSA) is 3.24 Å². The molecule has 1 saturated heterocycles. The monoisotopic (exact) mass is 315 g/mol. The fourth-order valence-corrected chi connectivity index (χ4v) is 3.45. The Bertz CT molecular complexity index is 627. The third kappa shape index (κ3) is 4.38. The van der Waals surface area contributed by atoms with E-state index in [-0.39, 0.29) is 0 Å². The van der Waals surface area contributed by atoms with Gasteiger partial charge < -0.3 is 4.90 Å². The predicted molar refractivity (Wildman–Crippen MR) is 89.5 cm³/mol. The smallest absolute Gasteiger partial charge is 0.159 e. The van der Waals surface area contributed by atoms with Crippen LogP contribution in [0.25, 0.3) is 0 Å². The molecule has 1 heterocycles. The van der Waals surface area contributed by atoms with E-state index in [4.69, 9.17) is 0 Å². The molecule has 0 N–H and O–H groups in total. The molecule has 0 amide bonds. The quantitative estimate of drug-likeness (QED) is 0.768. The van der Waals surface area contributed by atoms with Crippen molar-refractivity contribution in [1.29, 1.82) is 0 Å². The van der Waals surface area contributed by atoms with Crippen molar-refractivity contribution >= 4 is 0 Å². The maximum absolute atomic E-state index is 13.4. The molecular formula is C20H23F2N. The van der Waals surface area contributed by atoms with Crippen LogP contribution in [0.2, 0.25) is 0 Å². The molecule has 1 atom stereocenters. The second kappa shape index (κ2) is 7.69. The Labute approximate surface area is 136 Å². The molecule has 1 fully saturated rings. The molecule has 1 unspecified atom stereocenters. The van der Waals surface area contributed by atoms with Gasteiger partial charge in [-0.05, 0) is 68.0 Å². The Morgan fingerprint density at radius 2 is 1.83 bits per heavy atom. The molecule has 1 aliphatic rings. The molecule has 0 radical (unpaired) electrons. The Morgan fingerprint density at radius 3 is 2.61 bits per heavy atom. The highest BCUT2D eigenvalue weighted by molar-refractivity contribution is 5.22. The van der Waals surface area contributed by atoms with Crippen LogP contribution < -0.4 is 0 Å². The van der Waals surface area contributed by atoms with Gasteiger partial charge in [-0.15, -0.1) is 0 Å². The maximum atomic E-state index is 13.4. The van der Waals surface area contributed by atoms with Crippen molar-refractivity contribution < 1.29 is 8.78 Å². The average Bonchev–Trinajstić information content (AvgIpc) is 2.59. The third-order valence-electron chi connectivity index (χ3n) is 4.70. The van der Waals surface area contributed by atoms with Crippen molar-refractivity contribution in [3.63, 3.8) is 0 Å². The van der Waals surface area contributed by atoms with Gasteiger partial charge in [0.05, 0.1) is 0 Å². The lowest BCUT2D eigenvalue weighted by molar-refractivity contribution is 0.205. The van der Waals surface area contributed by atoms with Gasteiger partial charge in [0.25, 0.3) is 0 Å². The molecule has 1 nitrogen and oxygen atoms in total. The molecule has 122 valence electrons. The van der Waals surface area contributed by atoms with Gasteiger partial charge in [-0.2, -0.15) is 0 Å². The molecule has 0 aliphatic carbocycles. The van der Waals surface area contributed by atoms with Crippen LogP contribution in [0.3, 0.4) is 0 Å². The van der Waals surface area contributed by atoms with Gasteiger partial charge in [0.1, 0.15) is 0 Å². The van der Waals surface area contributed by atoms with Crippen LogP contribution in [0.15, 0.2) is 48.5 Å². The number of nitrogens with zero attached hydrogens (tertiary/aromatic N) is 1. The van der Waals surface area contributed by atoms with Gasteiger partial charge in [-0.25, -0.2) is 8.78 Å². The largest absolute Gasteiger partial charge is 0.303 e. The minimum absolute atomic E-state index is 0.315. The molecule has 2 aromatic carbocycles. The highest BCUT2D eigenvalue weighted by Crippen LogP contribution is 2.28. The summed E-state index contributed by atoms with van der Waals surface area (Å²) >= 11 is 0. The number of piperidine rings is 1.